The van der Waals surface area contributed by atoms with Crippen LogP contribution >= 0.6 is 15.9 Å². The fourth-order valence-corrected chi connectivity index (χ4v) is 1.54. The average molecular weight is 273 g/mol. The van der Waals surface area contributed by atoms with Gasteiger partial charge in [-0.25, -0.2) is 13.5 Å². The molecular formula is C10H7BrF2N2. The summed E-state index contributed by atoms with van der Waals surface area (Å²) in [4.78, 5) is 0. The summed E-state index contributed by atoms with van der Waals surface area (Å²) in [6.45, 7) is 0. The normalized spacial score (nSPS) is 10.9. The third kappa shape index (κ3) is 2.07. The van der Waals surface area contributed by atoms with Crippen LogP contribution in [0.2, 0.25) is 0 Å². The van der Waals surface area contributed by atoms with Crippen LogP contribution in [0.4, 0.5) is 8.78 Å². The van der Waals surface area contributed by atoms with Gasteiger partial charge >= 0.3 is 0 Å². The van der Waals surface area contributed by atoms with Crippen molar-refractivity contribution in [2.24, 2.45) is 0 Å². The molecule has 0 aliphatic rings. The summed E-state index contributed by atoms with van der Waals surface area (Å²) >= 11 is 3.28. The zero-order valence-electron chi connectivity index (χ0n) is 7.57. The van der Waals surface area contributed by atoms with Crippen LogP contribution in [0.25, 0.3) is 5.69 Å². The number of nitrogens with zero attached hydrogens (tertiary/aromatic N) is 2. The maximum Gasteiger partial charge on any atom is 0.280 e. The molecule has 0 aliphatic carbocycles. The highest BCUT2D eigenvalue weighted by Crippen LogP contribution is 2.22. The maximum absolute atomic E-state index is 12.6. The van der Waals surface area contributed by atoms with Crippen LogP contribution in [-0.4, -0.2) is 9.78 Å². The van der Waals surface area contributed by atoms with Crippen LogP contribution in [-0.2, 0) is 0 Å². The Morgan fingerprint density at radius 2 is 1.80 bits per heavy atom. The molecule has 2 nitrogen and oxygen atoms in total. The van der Waals surface area contributed by atoms with Crippen molar-refractivity contribution in [1.82, 2.24) is 9.78 Å². The molecule has 0 fully saturated rings. The summed E-state index contributed by atoms with van der Waals surface area (Å²) in [5, 5.41) is 3.86. The molecule has 0 atom stereocenters. The first kappa shape index (κ1) is 10.3. The Balaban J connectivity index is 2.45. The summed E-state index contributed by atoms with van der Waals surface area (Å²) < 4.78 is 27.2. The van der Waals surface area contributed by atoms with E-state index >= 15 is 0 Å². The quantitative estimate of drug-likeness (QED) is 0.817. The van der Waals surface area contributed by atoms with Gasteiger partial charge in [-0.3, -0.25) is 0 Å². The van der Waals surface area contributed by atoms with Gasteiger partial charge < -0.3 is 0 Å². The Morgan fingerprint density at radius 1 is 1.13 bits per heavy atom. The van der Waals surface area contributed by atoms with Gasteiger partial charge in [0.15, 0.2) is 0 Å². The van der Waals surface area contributed by atoms with E-state index in [0.29, 0.717) is 5.69 Å². The summed E-state index contributed by atoms with van der Waals surface area (Å²) in [6.07, 6.45) is -1.15. The highest BCUT2D eigenvalue weighted by Gasteiger charge is 2.13. The van der Waals surface area contributed by atoms with Crippen LogP contribution in [0, 0.1) is 0 Å². The molecule has 15 heavy (non-hydrogen) atoms. The smallest absolute Gasteiger partial charge is 0.232 e. The van der Waals surface area contributed by atoms with Crippen molar-refractivity contribution >= 4 is 15.9 Å². The predicted molar refractivity (Wildman–Crippen MR) is 56.2 cm³/mol. The third-order valence-corrected chi connectivity index (χ3v) is 2.50. The van der Waals surface area contributed by atoms with E-state index in [0.717, 1.165) is 4.47 Å². The van der Waals surface area contributed by atoms with Crippen molar-refractivity contribution in [3.63, 3.8) is 0 Å². The van der Waals surface area contributed by atoms with E-state index in [1.54, 1.807) is 24.3 Å². The second-order valence-electron chi connectivity index (χ2n) is 2.94. The SMILES string of the molecule is FC(F)c1ccnn1-c1ccc(Br)cc1. The number of hydrogen-bond acceptors (Lipinski definition) is 1. The Kier molecular flexibility index (Phi) is 2.81. The largest absolute Gasteiger partial charge is 0.280 e. The fourth-order valence-electron chi connectivity index (χ4n) is 1.28. The van der Waals surface area contributed by atoms with Crippen molar-refractivity contribution < 1.29 is 8.78 Å². The Labute approximate surface area is 93.7 Å². The number of benzene rings is 1. The van der Waals surface area contributed by atoms with Crippen LogP contribution < -0.4 is 0 Å². The lowest BCUT2D eigenvalue weighted by atomic mass is 10.3. The molecule has 0 spiro atoms. The molecule has 0 aliphatic heterocycles. The van der Waals surface area contributed by atoms with Gasteiger partial charge in [0.25, 0.3) is 6.43 Å². The van der Waals surface area contributed by atoms with Gasteiger partial charge in [0.1, 0.15) is 5.69 Å². The molecule has 1 heterocycles. The van der Waals surface area contributed by atoms with Gasteiger partial charge in [0, 0.05) is 10.7 Å². The predicted octanol–water partition coefficient (Wildman–Crippen LogP) is 3.57. The summed E-state index contributed by atoms with van der Waals surface area (Å²) in [6, 6.07) is 8.33. The molecule has 0 unspecified atom stereocenters. The fraction of sp³-hybridized carbons (Fsp3) is 0.100. The minimum Gasteiger partial charge on any atom is -0.232 e. The molecule has 0 saturated heterocycles. The molecule has 2 rings (SSSR count). The van der Waals surface area contributed by atoms with E-state index in [1.807, 2.05) is 0 Å². The molecule has 0 saturated carbocycles. The minimum absolute atomic E-state index is 0.0997. The molecule has 2 aromatic rings. The molecule has 0 bridgehead atoms. The lowest BCUT2D eigenvalue weighted by Crippen LogP contribution is -2.01. The Hall–Kier alpha value is -1.23. The van der Waals surface area contributed by atoms with Crippen molar-refractivity contribution in [3.05, 3.63) is 46.7 Å². The van der Waals surface area contributed by atoms with E-state index in [4.69, 9.17) is 0 Å². The van der Waals surface area contributed by atoms with E-state index in [9.17, 15) is 8.78 Å². The lowest BCUT2D eigenvalue weighted by molar-refractivity contribution is 0.143. The van der Waals surface area contributed by atoms with Crippen LogP contribution in [0.5, 0.6) is 0 Å². The van der Waals surface area contributed by atoms with Gasteiger partial charge in [-0.2, -0.15) is 5.10 Å². The summed E-state index contributed by atoms with van der Waals surface area (Å²) in [5.74, 6) is 0. The zero-order chi connectivity index (χ0) is 10.8. The van der Waals surface area contributed by atoms with E-state index in [-0.39, 0.29) is 5.69 Å². The first-order valence-corrected chi connectivity index (χ1v) is 5.06. The van der Waals surface area contributed by atoms with E-state index in [1.165, 1.54) is 16.9 Å². The average Bonchev–Trinajstić information content (AvgIpc) is 2.67. The number of alkyl halides is 2. The highest BCUT2D eigenvalue weighted by atomic mass is 79.9. The number of rotatable bonds is 2. The Bertz CT molecular complexity index is 451. The topological polar surface area (TPSA) is 17.8 Å². The zero-order valence-corrected chi connectivity index (χ0v) is 9.16. The summed E-state index contributed by atoms with van der Waals surface area (Å²) in [5.41, 5.74) is 0.524. The number of halogens is 3. The molecule has 78 valence electrons. The number of aromatic nitrogens is 2. The van der Waals surface area contributed by atoms with Gasteiger partial charge in [-0.05, 0) is 30.3 Å². The van der Waals surface area contributed by atoms with Crippen LogP contribution in [0.3, 0.4) is 0 Å². The third-order valence-electron chi connectivity index (χ3n) is 1.97. The minimum atomic E-state index is -2.52. The standard InChI is InChI=1S/C10H7BrF2N2/c11-7-1-3-8(4-2-7)15-9(10(12)13)5-6-14-15/h1-6,10H. The first-order valence-electron chi connectivity index (χ1n) is 4.26. The summed E-state index contributed by atoms with van der Waals surface area (Å²) in [7, 11) is 0. The molecule has 0 amide bonds. The molecule has 0 radical (unpaired) electrons. The molecule has 5 heteroatoms. The number of hydrogen-bond donors (Lipinski definition) is 0. The molecular weight excluding hydrogens is 266 g/mol. The van der Waals surface area contributed by atoms with Crippen molar-refractivity contribution in [2.75, 3.05) is 0 Å². The van der Waals surface area contributed by atoms with Gasteiger partial charge in [0.05, 0.1) is 5.69 Å². The Morgan fingerprint density at radius 3 is 2.40 bits per heavy atom. The molecule has 0 N–H and O–H groups in total. The van der Waals surface area contributed by atoms with Crippen molar-refractivity contribution in [3.8, 4) is 5.69 Å². The maximum atomic E-state index is 12.6. The van der Waals surface area contributed by atoms with Crippen LogP contribution in [0.15, 0.2) is 41.0 Å². The highest BCUT2D eigenvalue weighted by molar-refractivity contribution is 9.10. The van der Waals surface area contributed by atoms with E-state index in [2.05, 4.69) is 21.0 Å². The first-order chi connectivity index (χ1) is 7.18. The van der Waals surface area contributed by atoms with Gasteiger partial charge in [-0.15, -0.1) is 0 Å². The van der Waals surface area contributed by atoms with Crippen LogP contribution in [0.1, 0.15) is 12.1 Å². The second-order valence-corrected chi connectivity index (χ2v) is 3.86. The van der Waals surface area contributed by atoms with Crippen molar-refractivity contribution in [2.45, 2.75) is 6.43 Å². The monoisotopic (exact) mass is 272 g/mol. The lowest BCUT2D eigenvalue weighted by Gasteiger charge is -2.06. The molecule has 1 aromatic carbocycles. The van der Waals surface area contributed by atoms with E-state index < -0.39 is 6.43 Å². The van der Waals surface area contributed by atoms with Crippen molar-refractivity contribution in [1.29, 1.82) is 0 Å². The second kappa shape index (κ2) is 4.10. The van der Waals surface area contributed by atoms with Gasteiger partial charge in [0.2, 0.25) is 0 Å². The molecule has 1 aromatic heterocycles. The van der Waals surface area contributed by atoms with Gasteiger partial charge in [-0.1, -0.05) is 15.9 Å².